The second-order valence-corrected chi connectivity index (χ2v) is 11.9. The van der Waals surface area contributed by atoms with Gasteiger partial charge in [0.05, 0.1) is 40.1 Å². The first-order valence-corrected chi connectivity index (χ1v) is 15.6. The molecule has 0 radical (unpaired) electrons. The number of fused-ring (bicyclic) bond motifs is 8. The van der Waals surface area contributed by atoms with Crippen molar-refractivity contribution >= 4 is 65.2 Å². The van der Waals surface area contributed by atoms with Crippen molar-refractivity contribution in [2.45, 2.75) is 0 Å². The molecule has 0 saturated carbocycles. The second kappa shape index (κ2) is 9.62. The SMILES string of the molecule is c1ccc(-n2c3ccccc3c3c(-c4ccc(-n5c6ccccc6c6cc7ccccc7cc65)c5cnncc45)cccc32)cc1. The number of nitrogens with zero attached hydrogens (tertiary/aromatic N) is 4. The smallest absolute Gasteiger partial charge is 0.0596 e. The third-order valence-electron chi connectivity index (χ3n) is 9.49. The molecule has 0 amide bonds. The van der Waals surface area contributed by atoms with E-state index in [9.17, 15) is 0 Å². The number of rotatable bonds is 3. The topological polar surface area (TPSA) is 35.6 Å². The average molecular weight is 587 g/mol. The maximum atomic E-state index is 4.42. The highest BCUT2D eigenvalue weighted by atomic mass is 15.1. The van der Waals surface area contributed by atoms with Gasteiger partial charge in [-0.3, -0.25) is 0 Å². The van der Waals surface area contributed by atoms with Gasteiger partial charge in [0.25, 0.3) is 0 Å². The summed E-state index contributed by atoms with van der Waals surface area (Å²) in [5, 5.41) is 18.4. The second-order valence-electron chi connectivity index (χ2n) is 11.9. The third-order valence-corrected chi connectivity index (χ3v) is 9.49. The largest absolute Gasteiger partial charge is 0.309 e. The quantitative estimate of drug-likeness (QED) is 0.206. The Hall–Kier alpha value is -6.26. The summed E-state index contributed by atoms with van der Waals surface area (Å²) in [7, 11) is 0. The Bertz CT molecular complexity index is 2810. The molecule has 0 aliphatic carbocycles. The summed E-state index contributed by atoms with van der Waals surface area (Å²) in [5.74, 6) is 0. The number of aromatic nitrogens is 4. The van der Waals surface area contributed by atoms with Crippen molar-refractivity contribution in [2.24, 2.45) is 0 Å². The molecule has 4 heteroatoms. The van der Waals surface area contributed by atoms with Crippen molar-refractivity contribution in [3.05, 3.63) is 158 Å². The lowest BCUT2D eigenvalue weighted by Gasteiger charge is -2.15. The van der Waals surface area contributed by atoms with Gasteiger partial charge < -0.3 is 9.13 Å². The molecule has 4 nitrogen and oxygen atoms in total. The molecule has 0 spiro atoms. The van der Waals surface area contributed by atoms with Crippen molar-refractivity contribution in [1.82, 2.24) is 19.3 Å². The fourth-order valence-corrected chi connectivity index (χ4v) is 7.53. The fourth-order valence-electron chi connectivity index (χ4n) is 7.53. The number of benzene rings is 7. The summed E-state index contributed by atoms with van der Waals surface area (Å²) in [6.07, 6.45) is 3.84. The zero-order valence-electron chi connectivity index (χ0n) is 24.8. The Balaban J connectivity index is 1.29. The minimum atomic E-state index is 1.06. The molecule has 0 unspecified atom stereocenters. The highest BCUT2D eigenvalue weighted by Gasteiger charge is 2.20. The molecule has 3 aromatic heterocycles. The van der Waals surface area contributed by atoms with Crippen molar-refractivity contribution in [1.29, 1.82) is 0 Å². The van der Waals surface area contributed by atoms with Crippen molar-refractivity contribution < 1.29 is 0 Å². The summed E-state index contributed by atoms with van der Waals surface area (Å²) in [6.45, 7) is 0. The number of hydrogen-bond acceptors (Lipinski definition) is 2. The molecule has 0 saturated heterocycles. The van der Waals surface area contributed by atoms with Crippen LogP contribution in [0.3, 0.4) is 0 Å². The lowest BCUT2D eigenvalue weighted by Crippen LogP contribution is -1.98. The van der Waals surface area contributed by atoms with Gasteiger partial charge in [-0.2, -0.15) is 10.2 Å². The van der Waals surface area contributed by atoms with E-state index in [0.717, 1.165) is 27.7 Å². The molecule has 3 heterocycles. The summed E-state index contributed by atoms with van der Waals surface area (Å²) >= 11 is 0. The zero-order chi connectivity index (χ0) is 30.2. The van der Waals surface area contributed by atoms with E-state index in [1.807, 2.05) is 12.4 Å². The highest BCUT2D eigenvalue weighted by Crippen LogP contribution is 2.43. The third kappa shape index (κ3) is 3.49. The van der Waals surface area contributed by atoms with Gasteiger partial charge in [0.1, 0.15) is 0 Å². The van der Waals surface area contributed by atoms with Crippen LogP contribution in [0.25, 0.3) is 87.7 Å². The predicted molar refractivity (Wildman–Crippen MR) is 191 cm³/mol. The normalized spacial score (nSPS) is 11.9. The van der Waals surface area contributed by atoms with E-state index in [0.29, 0.717) is 0 Å². The maximum absolute atomic E-state index is 4.42. The lowest BCUT2D eigenvalue weighted by atomic mass is 9.95. The fraction of sp³-hybridized carbons (Fsp3) is 0. The van der Waals surface area contributed by atoms with Gasteiger partial charge in [-0.25, -0.2) is 0 Å². The van der Waals surface area contributed by atoms with E-state index in [-0.39, 0.29) is 0 Å². The Morgan fingerprint density at radius 3 is 1.85 bits per heavy atom. The monoisotopic (exact) mass is 586 g/mol. The van der Waals surface area contributed by atoms with Crippen LogP contribution < -0.4 is 0 Å². The Kier molecular flexibility index (Phi) is 5.25. The zero-order valence-corrected chi connectivity index (χ0v) is 24.8. The van der Waals surface area contributed by atoms with Crippen molar-refractivity contribution in [2.75, 3.05) is 0 Å². The van der Waals surface area contributed by atoms with Crippen LogP contribution in [0.4, 0.5) is 0 Å². The van der Waals surface area contributed by atoms with Gasteiger partial charge in [0.2, 0.25) is 0 Å². The molecule has 0 aliphatic rings. The summed E-state index contributed by atoms with van der Waals surface area (Å²) in [4.78, 5) is 0. The molecule has 0 atom stereocenters. The van der Waals surface area contributed by atoms with E-state index < -0.39 is 0 Å². The van der Waals surface area contributed by atoms with E-state index >= 15 is 0 Å². The molecule has 46 heavy (non-hydrogen) atoms. The molecule has 7 aromatic carbocycles. The minimum Gasteiger partial charge on any atom is -0.309 e. The van der Waals surface area contributed by atoms with Gasteiger partial charge in [-0.05, 0) is 70.4 Å². The molecule has 0 bridgehead atoms. The first kappa shape index (κ1) is 25.1. The summed E-state index contributed by atoms with van der Waals surface area (Å²) in [6, 6.07) is 52.4. The standard InChI is InChI=1S/C42H26N4/c1-2-13-29(14-3-1)45-38-19-9-7-16-33(38)42-32(17-10-20-40(42)45)30-21-22-39(36-26-44-43-25-35(30)36)46-37-18-8-6-15-31(37)34-23-27-11-4-5-12-28(27)24-41(34)46/h1-26H. The van der Waals surface area contributed by atoms with E-state index in [4.69, 9.17) is 0 Å². The van der Waals surface area contributed by atoms with E-state index in [2.05, 4.69) is 165 Å². The van der Waals surface area contributed by atoms with Crippen LogP contribution in [0.2, 0.25) is 0 Å². The Morgan fingerprint density at radius 2 is 1.02 bits per heavy atom. The van der Waals surface area contributed by atoms with Crippen LogP contribution in [-0.4, -0.2) is 19.3 Å². The molecule has 0 N–H and O–H groups in total. The highest BCUT2D eigenvalue weighted by molar-refractivity contribution is 6.19. The van der Waals surface area contributed by atoms with Gasteiger partial charge >= 0.3 is 0 Å². The molecule has 10 rings (SSSR count). The Morgan fingerprint density at radius 1 is 0.370 bits per heavy atom. The van der Waals surface area contributed by atoms with Gasteiger partial charge in [-0.15, -0.1) is 0 Å². The number of hydrogen-bond donors (Lipinski definition) is 0. The Labute approximate surface area is 264 Å². The van der Waals surface area contributed by atoms with Crippen molar-refractivity contribution in [3.8, 4) is 22.5 Å². The minimum absolute atomic E-state index is 1.06. The maximum Gasteiger partial charge on any atom is 0.0596 e. The first-order chi connectivity index (χ1) is 22.8. The molecule has 0 fully saturated rings. The van der Waals surface area contributed by atoms with Crippen LogP contribution >= 0.6 is 0 Å². The van der Waals surface area contributed by atoms with Gasteiger partial charge in [0.15, 0.2) is 0 Å². The lowest BCUT2D eigenvalue weighted by molar-refractivity contribution is 1.05. The average Bonchev–Trinajstić information content (AvgIpc) is 3.63. The van der Waals surface area contributed by atoms with Crippen LogP contribution in [-0.2, 0) is 0 Å². The summed E-state index contributed by atoms with van der Waals surface area (Å²) < 4.78 is 4.76. The number of para-hydroxylation sites is 3. The van der Waals surface area contributed by atoms with Crippen LogP contribution in [0.15, 0.2) is 158 Å². The van der Waals surface area contributed by atoms with E-state index in [1.54, 1.807) is 0 Å². The summed E-state index contributed by atoms with van der Waals surface area (Å²) in [5.41, 5.74) is 9.28. The van der Waals surface area contributed by atoms with Crippen LogP contribution in [0.1, 0.15) is 0 Å². The molecule has 10 aromatic rings. The predicted octanol–water partition coefficient (Wildman–Crippen LogP) is 10.6. The van der Waals surface area contributed by atoms with Crippen molar-refractivity contribution in [3.63, 3.8) is 0 Å². The molecule has 214 valence electrons. The molecular formula is C42H26N4. The van der Waals surface area contributed by atoms with E-state index in [1.165, 1.54) is 59.9 Å². The first-order valence-electron chi connectivity index (χ1n) is 15.6. The molecule has 0 aliphatic heterocycles. The molecular weight excluding hydrogens is 560 g/mol. The van der Waals surface area contributed by atoms with Crippen LogP contribution in [0, 0.1) is 0 Å². The van der Waals surface area contributed by atoms with Gasteiger partial charge in [0, 0.05) is 38.0 Å². The van der Waals surface area contributed by atoms with Crippen LogP contribution in [0.5, 0.6) is 0 Å². The van der Waals surface area contributed by atoms with Gasteiger partial charge in [-0.1, -0.05) is 97.1 Å².